The van der Waals surface area contributed by atoms with E-state index in [1.54, 1.807) is 11.8 Å². The maximum Gasteiger partial charge on any atom is 0.227 e. The van der Waals surface area contributed by atoms with Gasteiger partial charge in [0.25, 0.3) is 0 Å². The van der Waals surface area contributed by atoms with Gasteiger partial charge in [-0.2, -0.15) is 0 Å². The van der Waals surface area contributed by atoms with Gasteiger partial charge in [-0.3, -0.25) is 0 Å². The Hall–Kier alpha value is -1.46. The summed E-state index contributed by atoms with van der Waals surface area (Å²) >= 11 is 5.11. The van der Waals surface area contributed by atoms with Crippen LogP contribution in [-0.2, 0) is 0 Å². The largest absolute Gasteiger partial charge is 0.434 e. The molecule has 3 nitrogen and oxygen atoms in total. The molecular weight excluding hydrogens is 324 g/mol. The third-order valence-electron chi connectivity index (χ3n) is 2.82. The molecule has 0 spiro atoms. The summed E-state index contributed by atoms with van der Waals surface area (Å²) in [4.78, 5) is 5.69. The first-order valence-corrected chi connectivity index (χ1v) is 7.69. The Morgan fingerprint density at radius 1 is 1.21 bits per heavy atom. The second kappa shape index (κ2) is 4.90. The smallest absolute Gasteiger partial charge is 0.227 e. The lowest BCUT2D eigenvalue weighted by molar-refractivity contribution is 0.621. The van der Waals surface area contributed by atoms with Crippen molar-refractivity contribution < 1.29 is 4.42 Å². The Balaban J connectivity index is 2.12. The quantitative estimate of drug-likeness (QED) is 0.551. The van der Waals surface area contributed by atoms with Crippen molar-refractivity contribution in [2.24, 2.45) is 0 Å². The number of hydrogen-bond acceptors (Lipinski definition) is 4. The van der Waals surface area contributed by atoms with Crippen molar-refractivity contribution >= 4 is 44.5 Å². The van der Waals surface area contributed by atoms with E-state index in [1.165, 1.54) is 4.90 Å². The minimum atomic E-state index is 0.587. The summed E-state index contributed by atoms with van der Waals surface area (Å²) in [5.74, 6) is 0.590. The number of thioether (sulfide) groups is 1. The van der Waals surface area contributed by atoms with E-state index in [4.69, 9.17) is 10.2 Å². The molecule has 0 atom stereocenters. The predicted octanol–water partition coefficient (Wildman–Crippen LogP) is 4.56. The lowest BCUT2D eigenvalue weighted by atomic mass is 10.2. The first-order valence-electron chi connectivity index (χ1n) is 5.67. The zero-order chi connectivity index (χ0) is 13.4. The number of fused-ring (bicyclic) bond motifs is 1. The van der Waals surface area contributed by atoms with E-state index in [2.05, 4.69) is 20.9 Å². The summed E-state index contributed by atoms with van der Waals surface area (Å²) in [6.45, 7) is 0. The molecule has 0 radical (unpaired) electrons. The number of halogens is 1. The van der Waals surface area contributed by atoms with Crippen LogP contribution in [0, 0.1) is 0 Å². The van der Waals surface area contributed by atoms with Crippen molar-refractivity contribution in [2.45, 2.75) is 4.90 Å². The molecule has 2 N–H and O–H groups in total. The van der Waals surface area contributed by atoms with Gasteiger partial charge >= 0.3 is 0 Å². The topological polar surface area (TPSA) is 52.0 Å². The molecule has 3 rings (SSSR count). The summed E-state index contributed by atoms with van der Waals surface area (Å²) in [6, 6.07) is 11.8. The Labute approximate surface area is 123 Å². The molecule has 1 aromatic heterocycles. The zero-order valence-electron chi connectivity index (χ0n) is 10.2. The number of nitrogens with zero attached hydrogens (tertiary/aromatic N) is 1. The number of aromatic nitrogens is 1. The molecule has 0 bridgehead atoms. The van der Waals surface area contributed by atoms with Crippen molar-refractivity contribution in [3.63, 3.8) is 0 Å². The van der Waals surface area contributed by atoms with Gasteiger partial charge in [0.05, 0.1) is 5.69 Å². The van der Waals surface area contributed by atoms with Gasteiger partial charge in [-0.15, -0.1) is 11.8 Å². The van der Waals surface area contributed by atoms with E-state index >= 15 is 0 Å². The van der Waals surface area contributed by atoms with E-state index in [1.807, 2.05) is 42.7 Å². The van der Waals surface area contributed by atoms with E-state index in [-0.39, 0.29) is 0 Å². The molecule has 0 aliphatic carbocycles. The molecule has 0 unspecified atom stereocenters. The van der Waals surface area contributed by atoms with Gasteiger partial charge in [0.15, 0.2) is 5.58 Å². The third kappa shape index (κ3) is 2.35. The number of anilines is 1. The fourth-order valence-corrected chi connectivity index (χ4v) is 2.75. The number of oxazole rings is 1. The van der Waals surface area contributed by atoms with Crippen molar-refractivity contribution in [2.75, 3.05) is 12.0 Å². The molecule has 3 aromatic rings. The van der Waals surface area contributed by atoms with Gasteiger partial charge in [-0.1, -0.05) is 15.9 Å². The average Bonchev–Trinajstić information content (AvgIpc) is 2.83. The highest BCUT2D eigenvalue weighted by molar-refractivity contribution is 9.10. The Morgan fingerprint density at radius 3 is 2.63 bits per heavy atom. The number of benzene rings is 2. The van der Waals surface area contributed by atoms with Gasteiger partial charge in [-0.25, -0.2) is 4.98 Å². The Morgan fingerprint density at radius 2 is 1.95 bits per heavy atom. The maximum atomic E-state index is 5.93. The van der Waals surface area contributed by atoms with Crippen molar-refractivity contribution in [1.29, 1.82) is 0 Å². The summed E-state index contributed by atoms with van der Waals surface area (Å²) in [6.07, 6.45) is 2.05. The molecular formula is C14H11BrN2OS. The number of hydrogen-bond donors (Lipinski definition) is 1. The average molecular weight is 335 g/mol. The monoisotopic (exact) mass is 334 g/mol. The Bertz CT molecular complexity index is 737. The van der Waals surface area contributed by atoms with E-state index in [0.717, 1.165) is 15.6 Å². The van der Waals surface area contributed by atoms with Crippen LogP contribution in [0.1, 0.15) is 0 Å². The lowest BCUT2D eigenvalue weighted by Crippen LogP contribution is -1.84. The fourth-order valence-electron chi connectivity index (χ4n) is 1.88. The van der Waals surface area contributed by atoms with Crippen LogP contribution in [0.15, 0.2) is 50.2 Å². The summed E-state index contributed by atoms with van der Waals surface area (Å²) in [5, 5.41) is 0. The molecule has 2 aromatic carbocycles. The van der Waals surface area contributed by atoms with Crippen LogP contribution in [0.5, 0.6) is 0 Å². The van der Waals surface area contributed by atoms with Gasteiger partial charge in [0, 0.05) is 14.9 Å². The van der Waals surface area contributed by atoms with Crippen molar-refractivity contribution in [1.82, 2.24) is 4.98 Å². The lowest BCUT2D eigenvalue weighted by Gasteiger charge is -1.97. The molecule has 0 saturated heterocycles. The van der Waals surface area contributed by atoms with Crippen LogP contribution in [0.4, 0.5) is 5.69 Å². The first-order chi connectivity index (χ1) is 9.17. The van der Waals surface area contributed by atoms with Crippen molar-refractivity contribution in [3.05, 3.63) is 40.9 Å². The number of nitrogens with two attached hydrogens (primary N) is 1. The molecule has 0 aliphatic heterocycles. The van der Waals surface area contributed by atoms with Crippen LogP contribution in [0.3, 0.4) is 0 Å². The highest BCUT2D eigenvalue weighted by Crippen LogP contribution is 2.31. The highest BCUT2D eigenvalue weighted by Gasteiger charge is 2.11. The summed E-state index contributed by atoms with van der Waals surface area (Å²) in [5.41, 5.74) is 8.85. The zero-order valence-corrected chi connectivity index (χ0v) is 12.6. The van der Waals surface area contributed by atoms with E-state index in [9.17, 15) is 0 Å². The molecule has 5 heteroatoms. The SMILES string of the molecule is CSc1ccc(-c2nc3cc(Br)cc(N)c3o2)cc1. The molecule has 0 saturated carbocycles. The van der Waals surface area contributed by atoms with Gasteiger partial charge in [0.2, 0.25) is 5.89 Å². The molecule has 0 amide bonds. The highest BCUT2D eigenvalue weighted by atomic mass is 79.9. The molecule has 0 fully saturated rings. The number of nitrogen functional groups attached to an aromatic ring is 1. The van der Waals surface area contributed by atoms with Gasteiger partial charge in [-0.05, 0) is 42.7 Å². The van der Waals surface area contributed by atoms with Crippen LogP contribution in [0.25, 0.3) is 22.6 Å². The first kappa shape index (κ1) is 12.6. The van der Waals surface area contributed by atoms with E-state index in [0.29, 0.717) is 17.2 Å². The van der Waals surface area contributed by atoms with Crippen LogP contribution in [0.2, 0.25) is 0 Å². The van der Waals surface area contributed by atoms with Gasteiger partial charge < -0.3 is 10.2 Å². The normalized spacial score (nSPS) is 11.1. The summed E-state index contributed by atoms with van der Waals surface area (Å²) < 4.78 is 6.65. The van der Waals surface area contributed by atoms with Crippen LogP contribution >= 0.6 is 27.7 Å². The van der Waals surface area contributed by atoms with Crippen molar-refractivity contribution in [3.8, 4) is 11.5 Å². The van der Waals surface area contributed by atoms with Crippen LogP contribution in [-0.4, -0.2) is 11.2 Å². The van der Waals surface area contributed by atoms with Gasteiger partial charge in [0.1, 0.15) is 5.52 Å². The minimum absolute atomic E-state index is 0.587. The predicted molar refractivity (Wildman–Crippen MR) is 83.3 cm³/mol. The second-order valence-electron chi connectivity index (χ2n) is 4.09. The standard InChI is InChI=1S/C14H11BrN2OS/c1-19-10-4-2-8(3-5-10)14-17-12-7-9(15)6-11(16)13(12)18-14/h2-7H,16H2,1H3. The molecule has 1 heterocycles. The minimum Gasteiger partial charge on any atom is -0.434 e. The third-order valence-corrected chi connectivity index (χ3v) is 4.02. The molecule has 0 aliphatic rings. The van der Waals surface area contributed by atoms with Crippen LogP contribution < -0.4 is 5.73 Å². The molecule has 96 valence electrons. The second-order valence-corrected chi connectivity index (χ2v) is 5.89. The summed E-state index contributed by atoms with van der Waals surface area (Å²) in [7, 11) is 0. The van der Waals surface area contributed by atoms with E-state index < -0.39 is 0 Å². The Kier molecular flexibility index (Phi) is 3.24. The number of rotatable bonds is 2. The maximum absolute atomic E-state index is 5.93. The molecule has 19 heavy (non-hydrogen) atoms. The fraction of sp³-hybridized carbons (Fsp3) is 0.0714.